The lowest BCUT2D eigenvalue weighted by Crippen LogP contribution is -2.48. The minimum absolute atomic E-state index is 0.158. The molecule has 1 heterocycles. The lowest BCUT2D eigenvalue weighted by molar-refractivity contribution is -0.125. The molecule has 2 atom stereocenters. The molecule has 2 unspecified atom stereocenters. The first-order chi connectivity index (χ1) is 12.5. The van der Waals surface area contributed by atoms with Gasteiger partial charge in [0.1, 0.15) is 6.04 Å². The fourth-order valence-corrected chi connectivity index (χ4v) is 4.01. The zero-order valence-electron chi connectivity index (χ0n) is 14.2. The maximum Gasteiger partial charge on any atom is 0.262 e. The van der Waals surface area contributed by atoms with Crippen molar-refractivity contribution in [2.45, 2.75) is 31.8 Å². The van der Waals surface area contributed by atoms with Crippen LogP contribution in [0.15, 0.2) is 42.5 Å². The summed E-state index contributed by atoms with van der Waals surface area (Å²) in [5.41, 5.74) is 2.73. The number of nitrogens with zero attached hydrogens (tertiary/aromatic N) is 1. The van der Waals surface area contributed by atoms with Crippen LogP contribution in [0.2, 0.25) is 5.02 Å². The Labute approximate surface area is 155 Å². The van der Waals surface area contributed by atoms with E-state index in [1.165, 1.54) is 0 Å². The number of benzene rings is 2. The Bertz CT molecular complexity index is 905. The van der Waals surface area contributed by atoms with E-state index in [0.717, 1.165) is 28.9 Å². The third kappa shape index (κ3) is 2.51. The Morgan fingerprint density at radius 1 is 1.12 bits per heavy atom. The van der Waals surface area contributed by atoms with Gasteiger partial charge in [-0.3, -0.25) is 19.3 Å². The highest BCUT2D eigenvalue weighted by molar-refractivity contribution is 6.31. The lowest BCUT2D eigenvalue weighted by Gasteiger charge is -2.24. The van der Waals surface area contributed by atoms with Crippen molar-refractivity contribution in [3.8, 4) is 0 Å². The first-order valence-corrected chi connectivity index (χ1v) is 8.91. The van der Waals surface area contributed by atoms with Gasteiger partial charge in [-0.05, 0) is 49.1 Å². The number of halogens is 1. The minimum atomic E-state index is -0.884. The van der Waals surface area contributed by atoms with Gasteiger partial charge in [-0.2, -0.15) is 0 Å². The van der Waals surface area contributed by atoms with Gasteiger partial charge in [-0.1, -0.05) is 35.9 Å². The third-order valence-electron chi connectivity index (χ3n) is 5.12. The number of fused-ring (bicyclic) bond motifs is 2. The number of hydrogen-bond acceptors (Lipinski definition) is 3. The molecule has 4 rings (SSSR count). The number of carbonyl (C=O) groups excluding carboxylic acids is 3. The molecule has 1 aliphatic heterocycles. The van der Waals surface area contributed by atoms with Gasteiger partial charge < -0.3 is 5.32 Å². The normalized spacial score (nSPS) is 19.3. The molecule has 1 aliphatic carbocycles. The number of amides is 3. The first-order valence-electron chi connectivity index (χ1n) is 8.53. The van der Waals surface area contributed by atoms with Crippen molar-refractivity contribution in [1.82, 2.24) is 10.2 Å². The van der Waals surface area contributed by atoms with Gasteiger partial charge >= 0.3 is 0 Å². The zero-order chi connectivity index (χ0) is 18.4. The highest BCUT2D eigenvalue weighted by atomic mass is 35.5. The van der Waals surface area contributed by atoms with E-state index in [1.54, 1.807) is 31.2 Å². The molecule has 0 radical (unpaired) electrons. The predicted octanol–water partition coefficient (Wildman–Crippen LogP) is 3.13. The molecule has 2 aromatic carbocycles. The van der Waals surface area contributed by atoms with Crippen molar-refractivity contribution >= 4 is 29.3 Å². The molecule has 0 spiro atoms. The van der Waals surface area contributed by atoms with E-state index in [4.69, 9.17) is 11.6 Å². The van der Waals surface area contributed by atoms with Crippen LogP contribution in [-0.2, 0) is 11.2 Å². The van der Waals surface area contributed by atoms with Crippen LogP contribution in [0.5, 0.6) is 0 Å². The highest BCUT2D eigenvalue weighted by Gasteiger charge is 2.41. The number of carbonyl (C=O) groups is 3. The van der Waals surface area contributed by atoms with E-state index < -0.39 is 17.9 Å². The summed E-state index contributed by atoms with van der Waals surface area (Å²) in [6.07, 6.45) is 1.54. The molecule has 0 aromatic heterocycles. The van der Waals surface area contributed by atoms with Crippen LogP contribution in [-0.4, -0.2) is 28.7 Å². The van der Waals surface area contributed by atoms with Gasteiger partial charge in [0.05, 0.1) is 17.2 Å². The summed E-state index contributed by atoms with van der Waals surface area (Å²) in [5.74, 6) is -1.21. The molecule has 5 nitrogen and oxygen atoms in total. The smallest absolute Gasteiger partial charge is 0.262 e. The fourth-order valence-electron chi connectivity index (χ4n) is 3.73. The molecule has 0 fully saturated rings. The average Bonchev–Trinajstić information content (AvgIpc) is 3.16. The van der Waals surface area contributed by atoms with Gasteiger partial charge in [-0.15, -0.1) is 0 Å². The second kappa shape index (κ2) is 6.25. The monoisotopic (exact) mass is 368 g/mol. The Morgan fingerprint density at radius 3 is 2.42 bits per heavy atom. The van der Waals surface area contributed by atoms with Crippen molar-refractivity contribution in [2.75, 3.05) is 0 Å². The Hall–Kier alpha value is -2.66. The fraction of sp³-hybridized carbons (Fsp3) is 0.250. The van der Waals surface area contributed by atoms with Crippen molar-refractivity contribution in [2.24, 2.45) is 0 Å². The molecule has 0 saturated carbocycles. The molecule has 26 heavy (non-hydrogen) atoms. The Morgan fingerprint density at radius 2 is 1.77 bits per heavy atom. The van der Waals surface area contributed by atoms with Crippen LogP contribution in [0.3, 0.4) is 0 Å². The molecular weight excluding hydrogens is 352 g/mol. The van der Waals surface area contributed by atoms with Crippen LogP contribution in [0.1, 0.15) is 51.2 Å². The highest BCUT2D eigenvalue weighted by Crippen LogP contribution is 2.35. The van der Waals surface area contributed by atoms with Crippen molar-refractivity contribution < 1.29 is 14.4 Å². The molecule has 0 saturated heterocycles. The van der Waals surface area contributed by atoms with Crippen molar-refractivity contribution in [3.05, 3.63) is 69.7 Å². The van der Waals surface area contributed by atoms with E-state index in [9.17, 15) is 14.4 Å². The molecule has 132 valence electrons. The van der Waals surface area contributed by atoms with E-state index in [0.29, 0.717) is 16.1 Å². The molecule has 2 aromatic rings. The third-order valence-corrected chi connectivity index (χ3v) is 5.48. The van der Waals surface area contributed by atoms with E-state index in [2.05, 4.69) is 5.32 Å². The number of rotatable bonds is 3. The van der Waals surface area contributed by atoms with E-state index >= 15 is 0 Å². The summed E-state index contributed by atoms with van der Waals surface area (Å²) < 4.78 is 0. The molecule has 1 N–H and O–H groups in total. The van der Waals surface area contributed by atoms with Gasteiger partial charge in [0.25, 0.3) is 11.8 Å². The van der Waals surface area contributed by atoms with Crippen LogP contribution in [0.4, 0.5) is 0 Å². The molecular formula is C20H17ClN2O3. The number of imide groups is 1. The molecule has 6 heteroatoms. The maximum atomic E-state index is 12.7. The second-order valence-electron chi connectivity index (χ2n) is 6.61. The van der Waals surface area contributed by atoms with E-state index in [-0.39, 0.29) is 11.9 Å². The van der Waals surface area contributed by atoms with Crippen molar-refractivity contribution in [1.29, 1.82) is 0 Å². The minimum Gasteiger partial charge on any atom is -0.347 e. The van der Waals surface area contributed by atoms with Gasteiger partial charge in [0, 0.05) is 5.02 Å². The number of nitrogens with one attached hydrogen (secondary N) is 1. The topological polar surface area (TPSA) is 66.5 Å². The van der Waals surface area contributed by atoms with E-state index in [1.807, 2.05) is 18.2 Å². The maximum absolute atomic E-state index is 12.7. The van der Waals surface area contributed by atoms with Crippen LogP contribution >= 0.6 is 11.6 Å². The van der Waals surface area contributed by atoms with Crippen molar-refractivity contribution in [3.63, 3.8) is 0 Å². The van der Waals surface area contributed by atoms with Crippen LogP contribution in [0, 0.1) is 0 Å². The Balaban J connectivity index is 1.53. The van der Waals surface area contributed by atoms with Gasteiger partial charge in [0.2, 0.25) is 5.91 Å². The number of hydrogen-bond donors (Lipinski definition) is 1. The first kappa shape index (κ1) is 16.8. The summed E-state index contributed by atoms with van der Waals surface area (Å²) in [6, 6.07) is 11.2. The van der Waals surface area contributed by atoms with Gasteiger partial charge in [-0.25, -0.2) is 0 Å². The largest absolute Gasteiger partial charge is 0.347 e. The standard InChI is InChI=1S/C20H17ClN2O3/c1-11(23-19(25)14-5-2-3-6-15(14)20(23)26)18(24)22-17-10-9-12-13(17)7-4-8-16(12)21/h2-8,11,17H,9-10H2,1H3,(H,22,24). The average molecular weight is 369 g/mol. The SMILES string of the molecule is CC(C(=O)NC1CCc2c(Cl)cccc21)N1C(=O)c2ccccc2C1=O. The summed E-state index contributed by atoms with van der Waals surface area (Å²) in [6.45, 7) is 1.57. The summed E-state index contributed by atoms with van der Waals surface area (Å²) in [7, 11) is 0. The lowest BCUT2D eigenvalue weighted by atomic mass is 10.1. The van der Waals surface area contributed by atoms with Gasteiger partial charge in [0.15, 0.2) is 0 Å². The zero-order valence-corrected chi connectivity index (χ0v) is 14.9. The molecule has 3 amide bonds. The quantitative estimate of drug-likeness (QED) is 0.846. The molecule has 0 bridgehead atoms. The molecule has 2 aliphatic rings. The van der Waals surface area contributed by atoms with Crippen LogP contribution in [0.25, 0.3) is 0 Å². The summed E-state index contributed by atoms with van der Waals surface area (Å²) in [5, 5.41) is 3.66. The predicted molar refractivity (Wildman–Crippen MR) is 97.1 cm³/mol. The summed E-state index contributed by atoms with van der Waals surface area (Å²) >= 11 is 6.22. The van der Waals surface area contributed by atoms with Crippen LogP contribution < -0.4 is 5.32 Å². The second-order valence-corrected chi connectivity index (χ2v) is 7.02. The Kier molecular flexibility index (Phi) is 4.04. The summed E-state index contributed by atoms with van der Waals surface area (Å²) in [4.78, 5) is 38.9.